The van der Waals surface area contributed by atoms with Gasteiger partial charge < -0.3 is 5.73 Å². The number of hydrogen-bond acceptors (Lipinski definition) is 2. The Balaban J connectivity index is 2.21. The molecule has 16 heavy (non-hydrogen) atoms. The fraction of sp³-hybridized carbons (Fsp3) is 0.615. The lowest BCUT2D eigenvalue weighted by Gasteiger charge is -2.38. The van der Waals surface area contributed by atoms with Crippen LogP contribution in [-0.4, -0.2) is 10.5 Å². The molecule has 3 heteroatoms. The van der Waals surface area contributed by atoms with Crippen LogP contribution in [0.1, 0.15) is 38.7 Å². The first-order valence-corrected chi connectivity index (χ1v) is 6.61. The number of rotatable bonds is 2. The number of nitrogens with two attached hydrogens (primary N) is 1. The summed E-state index contributed by atoms with van der Waals surface area (Å²) in [6.07, 6.45) is 8.25. The van der Waals surface area contributed by atoms with E-state index < -0.39 is 0 Å². The van der Waals surface area contributed by atoms with Crippen molar-refractivity contribution >= 4 is 15.9 Å². The zero-order valence-corrected chi connectivity index (χ0v) is 11.5. The predicted molar refractivity (Wildman–Crippen MR) is 70.2 cm³/mol. The highest BCUT2D eigenvalue weighted by Crippen LogP contribution is 2.45. The van der Waals surface area contributed by atoms with E-state index in [1.54, 1.807) is 0 Å². The second-order valence-electron chi connectivity index (χ2n) is 5.58. The van der Waals surface area contributed by atoms with E-state index in [9.17, 15) is 0 Å². The van der Waals surface area contributed by atoms with E-state index in [1.807, 2.05) is 12.4 Å². The van der Waals surface area contributed by atoms with Gasteiger partial charge in [0, 0.05) is 22.4 Å². The maximum Gasteiger partial charge on any atom is 0.0410 e. The summed E-state index contributed by atoms with van der Waals surface area (Å²) in [7, 11) is 0. The van der Waals surface area contributed by atoms with Crippen molar-refractivity contribution in [1.29, 1.82) is 0 Å². The van der Waals surface area contributed by atoms with Crippen LogP contribution in [0.25, 0.3) is 0 Å². The Bertz CT molecular complexity index is 389. The minimum absolute atomic E-state index is 0.0739. The van der Waals surface area contributed by atoms with Crippen LogP contribution in [0.3, 0.4) is 0 Å². The Morgan fingerprint density at radius 1 is 1.38 bits per heavy atom. The van der Waals surface area contributed by atoms with Crippen LogP contribution in [-0.2, 0) is 6.42 Å². The van der Waals surface area contributed by atoms with Crippen LogP contribution in [0.5, 0.6) is 0 Å². The standard InChI is InChI=1S/C13H19BrN2/c1-12(2)4-3-5-13(12,15)7-10-6-11(14)9-16-8-10/h6,8-9H,3-5,7,15H2,1-2H3. The number of pyridine rings is 1. The molecular formula is C13H19BrN2. The van der Waals surface area contributed by atoms with Crippen molar-refractivity contribution in [3.8, 4) is 0 Å². The highest BCUT2D eigenvalue weighted by molar-refractivity contribution is 9.10. The highest BCUT2D eigenvalue weighted by atomic mass is 79.9. The summed E-state index contributed by atoms with van der Waals surface area (Å²) in [5.41, 5.74) is 7.96. The number of aromatic nitrogens is 1. The van der Waals surface area contributed by atoms with Gasteiger partial charge in [-0.25, -0.2) is 0 Å². The predicted octanol–water partition coefficient (Wildman–Crippen LogP) is 3.29. The molecule has 0 aliphatic heterocycles. The van der Waals surface area contributed by atoms with Gasteiger partial charge >= 0.3 is 0 Å². The van der Waals surface area contributed by atoms with Gasteiger partial charge in [-0.3, -0.25) is 4.98 Å². The Morgan fingerprint density at radius 2 is 2.12 bits per heavy atom. The normalized spacial score (nSPS) is 28.2. The van der Waals surface area contributed by atoms with Crippen molar-refractivity contribution in [1.82, 2.24) is 4.98 Å². The van der Waals surface area contributed by atoms with E-state index >= 15 is 0 Å². The van der Waals surface area contributed by atoms with Gasteiger partial charge in [0.15, 0.2) is 0 Å². The average Bonchev–Trinajstić information content (AvgIpc) is 2.41. The van der Waals surface area contributed by atoms with Gasteiger partial charge in [-0.05, 0) is 52.2 Å². The molecule has 0 spiro atoms. The molecule has 2 N–H and O–H groups in total. The van der Waals surface area contributed by atoms with Crippen LogP contribution < -0.4 is 5.73 Å². The zero-order valence-electron chi connectivity index (χ0n) is 9.96. The summed E-state index contributed by atoms with van der Waals surface area (Å²) >= 11 is 3.45. The summed E-state index contributed by atoms with van der Waals surface area (Å²) < 4.78 is 1.03. The van der Waals surface area contributed by atoms with Crippen molar-refractivity contribution in [2.24, 2.45) is 11.1 Å². The third kappa shape index (κ3) is 2.16. The minimum Gasteiger partial charge on any atom is -0.324 e. The van der Waals surface area contributed by atoms with E-state index in [2.05, 4.69) is 40.8 Å². The van der Waals surface area contributed by atoms with Gasteiger partial charge in [0.05, 0.1) is 0 Å². The first kappa shape index (κ1) is 12.1. The molecule has 1 aromatic rings. The zero-order chi connectivity index (χ0) is 11.8. The summed E-state index contributed by atoms with van der Waals surface area (Å²) in [6, 6.07) is 2.12. The molecule has 0 amide bonds. The molecule has 0 saturated heterocycles. The van der Waals surface area contributed by atoms with Crippen LogP contribution >= 0.6 is 15.9 Å². The summed E-state index contributed by atoms with van der Waals surface area (Å²) in [6.45, 7) is 4.57. The lowest BCUT2D eigenvalue weighted by atomic mass is 9.72. The largest absolute Gasteiger partial charge is 0.324 e. The molecule has 1 aliphatic carbocycles. The molecule has 1 atom stereocenters. The topological polar surface area (TPSA) is 38.9 Å². The summed E-state index contributed by atoms with van der Waals surface area (Å²) in [4.78, 5) is 4.20. The Morgan fingerprint density at radius 3 is 2.69 bits per heavy atom. The van der Waals surface area contributed by atoms with E-state index in [1.165, 1.54) is 18.4 Å². The maximum atomic E-state index is 6.58. The molecule has 0 bridgehead atoms. The number of halogens is 1. The van der Waals surface area contributed by atoms with Crippen LogP contribution in [0.15, 0.2) is 22.9 Å². The van der Waals surface area contributed by atoms with Crippen molar-refractivity contribution < 1.29 is 0 Å². The molecule has 0 aromatic carbocycles. The molecule has 88 valence electrons. The minimum atomic E-state index is -0.0739. The van der Waals surface area contributed by atoms with Gasteiger partial charge in [0.1, 0.15) is 0 Å². The van der Waals surface area contributed by atoms with Gasteiger partial charge in [0.25, 0.3) is 0 Å². The number of hydrogen-bond donors (Lipinski definition) is 1. The first-order valence-electron chi connectivity index (χ1n) is 5.81. The van der Waals surface area contributed by atoms with Gasteiger partial charge in [-0.15, -0.1) is 0 Å². The smallest absolute Gasteiger partial charge is 0.0410 e. The molecule has 2 nitrogen and oxygen atoms in total. The van der Waals surface area contributed by atoms with E-state index in [-0.39, 0.29) is 11.0 Å². The molecule has 1 heterocycles. The second-order valence-corrected chi connectivity index (χ2v) is 6.50. The van der Waals surface area contributed by atoms with Crippen LogP contribution in [0, 0.1) is 5.41 Å². The van der Waals surface area contributed by atoms with Crippen LogP contribution in [0.4, 0.5) is 0 Å². The lowest BCUT2D eigenvalue weighted by molar-refractivity contribution is 0.207. The Labute approximate surface area is 106 Å². The SMILES string of the molecule is CC1(C)CCCC1(N)Cc1cncc(Br)c1. The quantitative estimate of drug-likeness (QED) is 0.904. The lowest BCUT2D eigenvalue weighted by Crippen LogP contribution is -2.50. The molecular weight excluding hydrogens is 264 g/mol. The summed E-state index contributed by atoms with van der Waals surface area (Å²) in [5.74, 6) is 0. The fourth-order valence-electron chi connectivity index (χ4n) is 2.68. The Kier molecular flexibility index (Phi) is 3.10. The number of nitrogens with zero attached hydrogens (tertiary/aromatic N) is 1. The molecule has 2 rings (SSSR count). The van der Waals surface area contributed by atoms with Crippen molar-refractivity contribution in [2.75, 3.05) is 0 Å². The van der Waals surface area contributed by atoms with Crippen molar-refractivity contribution in [3.05, 3.63) is 28.5 Å². The van der Waals surface area contributed by atoms with Gasteiger partial charge in [-0.2, -0.15) is 0 Å². The van der Waals surface area contributed by atoms with E-state index in [0.29, 0.717) is 0 Å². The molecule has 1 saturated carbocycles. The molecule has 1 aromatic heterocycles. The monoisotopic (exact) mass is 282 g/mol. The molecule has 1 aliphatic rings. The van der Waals surface area contributed by atoms with Crippen LogP contribution in [0.2, 0.25) is 0 Å². The third-order valence-corrected chi connectivity index (χ3v) is 4.49. The fourth-order valence-corrected chi connectivity index (χ4v) is 3.09. The average molecular weight is 283 g/mol. The van der Waals surface area contributed by atoms with E-state index in [4.69, 9.17) is 5.73 Å². The second kappa shape index (κ2) is 4.11. The molecule has 0 radical (unpaired) electrons. The Hall–Kier alpha value is -0.410. The molecule has 1 unspecified atom stereocenters. The maximum absolute atomic E-state index is 6.58. The van der Waals surface area contributed by atoms with Crippen molar-refractivity contribution in [2.45, 2.75) is 45.1 Å². The van der Waals surface area contributed by atoms with E-state index in [0.717, 1.165) is 17.3 Å². The van der Waals surface area contributed by atoms with Gasteiger partial charge in [0.2, 0.25) is 0 Å². The molecule has 1 fully saturated rings. The van der Waals surface area contributed by atoms with Crippen molar-refractivity contribution in [3.63, 3.8) is 0 Å². The first-order chi connectivity index (χ1) is 7.43. The summed E-state index contributed by atoms with van der Waals surface area (Å²) in [5, 5.41) is 0. The highest BCUT2D eigenvalue weighted by Gasteiger charge is 2.45. The van der Waals surface area contributed by atoms with Gasteiger partial charge in [-0.1, -0.05) is 20.3 Å². The third-order valence-electron chi connectivity index (χ3n) is 4.05.